The van der Waals surface area contributed by atoms with Crippen LogP contribution in [0.5, 0.6) is 0 Å². The summed E-state index contributed by atoms with van der Waals surface area (Å²) in [5.74, 6) is 2.30. The molecule has 16 heavy (non-hydrogen) atoms. The molecule has 3 heteroatoms. The molecule has 0 aliphatic carbocycles. The smallest absolute Gasteiger partial charge is 0.0252 e. The van der Waals surface area contributed by atoms with Crippen molar-refractivity contribution in [2.45, 2.75) is 38.8 Å². The summed E-state index contributed by atoms with van der Waals surface area (Å²) in [5, 5.41) is 3.63. The molecule has 0 aromatic heterocycles. The molecule has 1 heterocycles. The van der Waals surface area contributed by atoms with Crippen molar-refractivity contribution >= 4 is 11.8 Å². The zero-order valence-electron chi connectivity index (χ0n) is 11.0. The average Bonchev–Trinajstić information content (AvgIpc) is 2.24. The van der Waals surface area contributed by atoms with E-state index in [0.29, 0.717) is 0 Å². The first-order valence-corrected chi connectivity index (χ1v) is 7.42. The van der Waals surface area contributed by atoms with Crippen molar-refractivity contribution in [3.8, 4) is 0 Å². The maximum Gasteiger partial charge on any atom is 0.0252 e. The van der Waals surface area contributed by atoms with Gasteiger partial charge in [-0.05, 0) is 20.3 Å². The largest absolute Gasteiger partial charge is 0.309 e. The van der Waals surface area contributed by atoms with E-state index in [1.54, 1.807) is 0 Å². The minimum atomic E-state index is 0.273. The quantitative estimate of drug-likeness (QED) is 0.569. The fraction of sp³-hybridized carbons (Fsp3) is 0.846. The number of rotatable bonds is 6. The van der Waals surface area contributed by atoms with E-state index in [0.717, 1.165) is 18.3 Å². The summed E-state index contributed by atoms with van der Waals surface area (Å²) in [5.41, 5.74) is 0.273. The molecule has 1 unspecified atom stereocenters. The summed E-state index contributed by atoms with van der Waals surface area (Å²) < 4.78 is 0. The molecule has 1 aliphatic heterocycles. The second-order valence-electron chi connectivity index (χ2n) is 5.16. The fourth-order valence-corrected chi connectivity index (χ4v) is 2.93. The van der Waals surface area contributed by atoms with Crippen molar-refractivity contribution in [1.29, 1.82) is 0 Å². The van der Waals surface area contributed by atoms with Gasteiger partial charge in [0, 0.05) is 42.7 Å². The van der Waals surface area contributed by atoms with Crippen LogP contribution in [0.3, 0.4) is 0 Å². The van der Waals surface area contributed by atoms with Crippen molar-refractivity contribution in [2.75, 3.05) is 31.1 Å². The molecule has 0 saturated carbocycles. The van der Waals surface area contributed by atoms with Gasteiger partial charge < -0.3 is 5.32 Å². The normalized spacial score (nSPS) is 25.6. The lowest BCUT2D eigenvalue weighted by Gasteiger charge is -2.44. The van der Waals surface area contributed by atoms with Gasteiger partial charge in [-0.3, -0.25) is 4.90 Å². The molecule has 2 nitrogen and oxygen atoms in total. The maximum absolute atomic E-state index is 3.75. The Bertz CT molecular complexity index is 216. The summed E-state index contributed by atoms with van der Waals surface area (Å²) in [6.45, 7) is 14.1. The molecule has 1 atom stereocenters. The van der Waals surface area contributed by atoms with Crippen molar-refractivity contribution in [1.82, 2.24) is 10.2 Å². The third-order valence-electron chi connectivity index (χ3n) is 3.16. The number of hydrogen-bond acceptors (Lipinski definition) is 3. The molecular formula is C13H26N2S. The highest BCUT2D eigenvalue weighted by Gasteiger charge is 2.30. The van der Waals surface area contributed by atoms with Crippen LogP contribution in [0.4, 0.5) is 0 Å². The maximum atomic E-state index is 3.75. The van der Waals surface area contributed by atoms with Crippen LogP contribution in [0, 0.1) is 0 Å². The van der Waals surface area contributed by atoms with Crippen LogP contribution in [-0.4, -0.2) is 47.6 Å². The predicted molar refractivity (Wildman–Crippen MR) is 75.3 cm³/mol. The van der Waals surface area contributed by atoms with Crippen molar-refractivity contribution in [2.24, 2.45) is 0 Å². The van der Waals surface area contributed by atoms with Gasteiger partial charge in [0.05, 0.1) is 0 Å². The van der Waals surface area contributed by atoms with E-state index in [9.17, 15) is 0 Å². The summed E-state index contributed by atoms with van der Waals surface area (Å²) in [6.07, 6.45) is 3.23. The van der Waals surface area contributed by atoms with E-state index in [4.69, 9.17) is 0 Å². The van der Waals surface area contributed by atoms with Gasteiger partial charge in [0.1, 0.15) is 0 Å². The Morgan fingerprint density at radius 2 is 2.31 bits per heavy atom. The SMILES string of the molecule is C=CCSCCN1CC(C)(C)NCC1CC. The Kier molecular flexibility index (Phi) is 5.87. The second-order valence-corrected chi connectivity index (χ2v) is 6.31. The summed E-state index contributed by atoms with van der Waals surface area (Å²) >= 11 is 1.98. The minimum Gasteiger partial charge on any atom is -0.309 e. The van der Waals surface area contributed by atoms with Gasteiger partial charge in [-0.15, -0.1) is 6.58 Å². The molecule has 0 aromatic rings. The van der Waals surface area contributed by atoms with Crippen LogP contribution in [0.25, 0.3) is 0 Å². The van der Waals surface area contributed by atoms with E-state index >= 15 is 0 Å². The van der Waals surface area contributed by atoms with Gasteiger partial charge in [0.25, 0.3) is 0 Å². The first-order valence-electron chi connectivity index (χ1n) is 6.27. The summed E-state index contributed by atoms with van der Waals surface area (Å²) in [6, 6.07) is 0.720. The van der Waals surface area contributed by atoms with Crippen LogP contribution < -0.4 is 5.32 Å². The fourth-order valence-electron chi connectivity index (χ4n) is 2.23. The van der Waals surface area contributed by atoms with Crippen LogP contribution in [-0.2, 0) is 0 Å². The lowest BCUT2D eigenvalue weighted by atomic mass is 9.98. The number of nitrogens with zero attached hydrogens (tertiary/aromatic N) is 1. The Labute approximate surface area is 105 Å². The van der Waals surface area contributed by atoms with Crippen LogP contribution in [0.2, 0.25) is 0 Å². The van der Waals surface area contributed by atoms with Gasteiger partial charge in [0.2, 0.25) is 0 Å². The van der Waals surface area contributed by atoms with Gasteiger partial charge in [-0.2, -0.15) is 11.8 Å². The van der Waals surface area contributed by atoms with E-state index in [2.05, 4.69) is 37.6 Å². The van der Waals surface area contributed by atoms with Crippen LogP contribution in [0.15, 0.2) is 12.7 Å². The van der Waals surface area contributed by atoms with Crippen molar-refractivity contribution in [3.63, 3.8) is 0 Å². The molecule has 1 saturated heterocycles. The molecule has 0 amide bonds. The Hall–Kier alpha value is 0.01000. The molecule has 0 bridgehead atoms. The molecule has 94 valence electrons. The second kappa shape index (κ2) is 6.67. The summed E-state index contributed by atoms with van der Waals surface area (Å²) in [4.78, 5) is 2.65. The first-order chi connectivity index (χ1) is 7.59. The number of hydrogen-bond donors (Lipinski definition) is 1. The number of thioether (sulfide) groups is 1. The number of nitrogens with one attached hydrogen (secondary N) is 1. The Morgan fingerprint density at radius 3 is 2.94 bits per heavy atom. The highest BCUT2D eigenvalue weighted by molar-refractivity contribution is 7.99. The summed E-state index contributed by atoms with van der Waals surface area (Å²) in [7, 11) is 0. The minimum absolute atomic E-state index is 0.273. The average molecular weight is 242 g/mol. The monoisotopic (exact) mass is 242 g/mol. The van der Waals surface area contributed by atoms with Gasteiger partial charge in [0.15, 0.2) is 0 Å². The van der Waals surface area contributed by atoms with E-state index in [1.165, 1.54) is 25.3 Å². The van der Waals surface area contributed by atoms with Gasteiger partial charge in [-0.25, -0.2) is 0 Å². The van der Waals surface area contributed by atoms with Gasteiger partial charge >= 0.3 is 0 Å². The topological polar surface area (TPSA) is 15.3 Å². The standard InChI is InChI=1S/C13H26N2S/c1-5-8-16-9-7-15-11-13(3,4)14-10-12(15)6-2/h5,12,14H,1,6-11H2,2-4H3. The highest BCUT2D eigenvalue weighted by Crippen LogP contribution is 2.17. The molecule has 0 radical (unpaired) electrons. The lowest BCUT2D eigenvalue weighted by molar-refractivity contribution is 0.0996. The van der Waals surface area contributed by atoms with E-state index in [1.807, 2.05) is 17.8 Å². The zero-order valence-corrected chi connectivity index (χ0v) is 11.8. The van der Waals surface area contributed by atoms with Crippen molar-refractivity contribution in [3.05, 3.63) is 12.7 Å². The third-order valence-corrected chi connectivity index (χ3v) is 4.10. The van der Waals surface area contributed by atoms with E-state index in [-0.39, 0.29) is 5.54 Å². The third kappa shape index (κ3) is 4.48. The Balaban J connectivity index is 2.36. The molecule has 0 spiro atoms. The van der Waals surface area contributed by atoms with Gasteiger partial charge in [-0.1, -0.05) is 13.0 Å². The van der Waals surface area contributed by atoms with Crippen molar-refractivity contribution < 1.29 is 0 Å². The molecule has 1 rings (SSSR count). The van der Waals surface area contributed by atoms with Crippen LogP contribution >= 0.6 is 11.8 Å². The zero-order chi connectivity index (χ0) is 12.0. The Morgan fingerprint density at radius 1 is 1.56 bits per heavy atom. The number of piperazine rings is 1. The molecular weight excluding hydrogens is 216 g/mol. The first kappa shape index (κ1) is 14.1. The highest BCUT2D eigenvalue weighted by atomic mass is 32.2. The van der Waals surface area contributed by atoms with E-state index < -0.39 is 0 Å². The molecule has 0 aromatic carbocycles. The molecule has 1 N–H and O–H groups in total. The van der Waals surface area contributed by atoms with Crippen LogP contribution in [0.1, 0.15) is 27.2 Å². The lowest BCUT2D eigenvalue weighted by Crippen LogP contribution is -2.61. The molecule has 1 fully saturated rings. The molecule has 1 aliphatic rings. The predicted octanol–water partition coefficient (Wildman–Crippen LogP) is 2.37.